The Morgan fingerprint density at radius 1 is 2.00 bits per heavy atom. The minimum absolute atomic E-state index is 0.123. The molecule has 0 rings (SSSR count). The summed E-state index contributed by atoms with van der Waals surface area (Å²) in [7, 11) is 4.72. The molecule has 0 aliphatic carbocycles. The van der Waals surface area contributed by atoms with E-state index in [1.54, 1.807) is 0 Å². The summed E-state index contributed by atoms with van der Waals surface area (Å²) >= 11 is 1.52. The maximum absolute atomic E-state index is 4.72. The number of rotatable bonds is 1. The molecule has 0 spiro atoms. The van der Waals surface area contributed by atoms with Gasteiger partial charge in [0.15, 0.2) is 0 Å². The van der Waals surface area contributed by atoms with Crippen LogP contribution in [0.25, 0.3) is 0 Å². The Hall–Kier alpha value is 1.73. The molecule has 0 atom stereocenters. The quantitative estimate of drug-likeness (QED) is 0.610. The molecule has 0 amide bonds. The van der Waals surface area contributed by atoms with Gasteiger partial charge in [-0.25, -0.2) is 0 Å². The fraction of sp³-hybridized carbons (Fsp3) is 1.00. The predicted octanol–water partition coefficient (Wildman–Crippen LogP) is 0.190. The van der Waals surface area contributed by atoms with Gasteiger partial charge >= 0.3 is 52.3 Å². The maximum atomic E-state index is 4.72. The third-order valence-electron chi connectivity index (χ3n) is 0.0680. The van der Waals surface area contributed by atoms with E-state index < -0.39 is 0 Å². The Bertz CT molecular complexity index is 22.0. The van der Waals surface area contributed by atoms with Gasteiger partial charge in [-0.2, -0.15) is 0 Å². The first-order valence-electron chi connectivity index (χ1n) is 0.864. The summed E-state index contributed by atoms with van der Waals surface area (Å²) in [6.07, 6.45) is 0. The van der Waals surface area contributed by atoms with Crippen LogP contribution >= 0.6 is 9.82 Å². The molecule has 0 saturated carbocycles. The van der Waals surface area contributed by atoms with Crippen LogP contribution in [0.1, 0.15) is 0 Å². The second-order valence-electron chi connectivity index (χ2n) is 0.285. The van der Waals surface area contributed by atoms with E-state index in [4.69, 9.17) is 9.82 Å². The molecule has 25 valence electrons. The first-order chi connectivity index (χ1) is 1.91. The Labute approximate surface area is 51.8 Å². The van der Waals surface area contributed by atoms with E-state index in [0.29, 0.717) is 0 Å². The van der Waals surface area contributed by atoms with Gasteiger partial charge in [0, 0.05) is 0 Å². The molecule has 0 aliphatic heterocycles. The van der Waals surface area contributed by atoms with Crippen LogP contribution in [-0.2, 0) is 16.7 Å². The summed E-state index contributed by atoms with van der Waals surface area (Å²) in [6, 6.07) is 0. The second kappa shape index (κ2) is 4.73. The van der Waals surface area contributed by atoms with Crippen molar-refractivity contribution in [1.82, 2.24) is 0 Å². The van der Waals surface area contributed by atoms with Gasteiger partial charge in [-0.1, -0.05) is 0 Å². The van der Waals surface area contributed by atoms with Crippen molar-refractivity contribution >= 4 is 32.8 Å². The van der Waals surface area contributed by atoms with Crippen LogP contribution in [-0.4, -0.2) is 23.0 Å². The van der Waals surface area contributed by atoms with Crippen LogP contribution < -0.4 is 0 Å². The van der Waals surface area contributed by atoms with Gasteiger partial charge in [0.05, 0.1) is 0 Å². The van der Waals surface area contributed by atoms with Crippen LogP contribution in [0.2, 0.25) is 2.76 Å². The monoisotopic (exact) mass is 267 g/mol. The van der Waals surface area contributed by atoms with E-state index in [1.807, 2.05) is 0 Å². The predicted molar refractivity (Wildman–Crippen MR) is 20.9 cm³/mol. The first-order valence-corrected chi connectivity index (χ1v) is 7.40. The van der Waals surface area contributed by atoms with Gasteiger partial charge in [0.1, 0.15) is 0 Å². The third kappa shape index (κ3) is 3.73. The first kappa shape index (κ1) is 5.73. The average molecular weight is 266 g/mol. The minimum atomic E-state index is 0.123. The molecule has 0 heterocycles. The van der Waals surface area contributed by atoms with E-state index in [0.717, 1.165) is 0 Å². The summed E-state index contributed by atoms with van der Waals surface area (Å²) in [4.78, 5) is 0. The molecule has 0 nitrogen and oxygen atoms in total. The van der Waals surface area contributed by atoms with Gasteiger partial charge in [-0.3, -0.25) is 0 Å². The van der Waals surface area contributed by atoms with E-state index in [9.17, 15) is 0 Å². The van der Waals surface area contributed by atoms with Crippen molar-refractivity contribution in [2.24, 2.45) is 0 Å². The summed E-state index contributed by atoms with van der Waals surface area (Å²) < 4.78 is 1.39. The summed E-state index contributed by atoms with van der Waals surface area (Å²) in [5, 5.41) is 0. The molecule has 0 aromatic rings. The molecular weight excluding hydrogens is 262 g/mol. The van der Waals surface area contributed by atoms with E-state index >= 15 is 0 Å². The van der Waals surface area contributed by atoms with Crippen molar-refractivity contribution in [2.75, 3.05) is 0 Å². The van der Waals surface area contributed by atoms with Gasteiger partial charge in [0.25, 0.3) is 0 Å². The van der Waals surface area contributed by atoms with Gasteiger partial charge in [-0.05, 0) is 0 Å². The Morgan fingerprint density at radius 2 is 2.25 bits per heavy atom. The molecule has 0 bridgehead atoms. The summed E-state index contributed by atoms with van der Waals surface area (Å²) in [5.74, 6) is 0. The second-order valence-corrected chi connectivity index (χ2v) is 8.71. The molecule has 0 aromatic heterocycles. The molecule has 3 heteroatoms. The fourth-order valence-corrected chi connectivity index (χ4v) is 0. The van der Waals surface area contributed by atoms with Crippen molar-refractivity contribution in [3.05, 3.63) is 0 Å². The zero-order chi connectivity index (χ0) is 3.41. The molecular formula is CH4MoSSb. The van der Waals surface area contributed by atoms with Crippen molar-refractivity contribution in [1.29, 1.82) is 0 Å². The zero-order valence-electron chi connectivity index (χ0n) is 2.10. The molecule has 0 saturated heterocycles. The van der Waals surface area contributed by atoms with Crippen molar-refractivity contribution in [3.8, 4) is 0 Å². The van der Waals surface area contributed by atoms with Crippen molar-refractivity contribution < 1.29 is 16.7 Å². The topological polar surface area (TPSA) is 0 Å². The van der Waals surface area contributed by atoms with Crippen LogP contribution in [0.5, 0.6) is 0 Å². The van der Waals surface area contributed by atoms with Crippen molar-refractivity contribution in [2.45, 2.75) is 2.76 Å². The van der Waals surface area contributed by atoms with Crippen LogP contribution in [0.3, 0.4) is 0 Å². The Balaban J connectivity index is 2.30. The number of hydrogen-bond acceptors (Lipinski definition) is 1. The molecule has 4 heavy (non-hydrogen) atoms. The average Bonchev–Trinajstić information content (AvgIpc) is 1.37. The van der Waals surface area contributed by atoms with E-state index in [2.05, 4.69) is 0 Å². The van der Waals surface area contributed by atoms with Gasteiger partial charge in [-0.15, -0.1) is 0 Å². The number of hydrogen-bond donors (Lipinski definition) is 0. The Kier molecular flexibility index (Phi) is 6.77. The van der Waals surface area contributed by atoms with Crippen LogP contribution in [0.4, 0.5) is 0 Å². The SMILES string of the molecule is [S]=[Mo][CH2][SbH2]. The normalized spacial score (nSPS) is 6.25. The molecule has 0 N–H and O–H groups in total. The van der Waals surface area contributed by atoms with E-state index in [-0.39, 0.29) is 16.7 Å². The summed E-state index contributed by atoms with van der Waals surface area (Å²) in [6.45, 7) is 0. The molecule has 0 radical (unpaired) electrons. The van der Waals surface area contributed by atoms with Crippen molar-refractivity contribution in [3.63, 3.8) is 0 Å². The fourth-order valence-electron chi connectivity index (χ4n) is 0. The molecule has 0 unspecified atom stereocenters. The third-order valence-corrected chi connectivity index (χ3v) is 8.10. The van der Waals surface area contributed by atoms with Crippen LogP contribution in [0, 0.1) is 0 Å². The standard InChI is InChI=1S/CH2.Mo.S.Sb.2H/h1H2;;;;;. The van der Waals surface area contributed by atoms with Crippen LogP contribution in [0.15, 0.2) is 0 Å². The zero-order valence-corrected chi connectivity index (χ0v) is 8.22. The van der Waals surface area contributed by atoms with Gasteiger partial charge < -0.3 is 0 Å². The molecule has 0 aromatic carbocycles. The Morgan fingerprint density at radius 3 is 2.25 bits per heavy atom. The van der Waals surface area contributed by atoms with E-state index in [1.165, 1.54) is 25.8 Å². The molecule has 0 aliphatic rings. The van der Waals surface area contributed by atoms with Gasteiger partial charge in [0.2, 0.25) is 0 Å². The molecule has 0 fully saturated rings. The summed E-state index contributed by atoms with van der Waals surface area (Å²) in [5.41, 5.74) is 0.